The number of ether oxygens (including phenoxy) is 1. The Balaban J connectivity index is 2.16. The van der Waals surface area contributed by atoms with E-state index in [1.54, 1.807) is 0 Å². The van der Waals surface area contributed by atoms with Gasteiger partial charge in [-0.05, 0) is 51.0 Å². The summed E-state index contributed by atoms with van der Waals surface area (Å²) in [6.07, 6.45) is 4.76. The molecular weight excluding hydrogens is 342 g/mol. The van der Waals surface area contributed by atoms with Gasteiger partial charge >= 0.3 is 11.9 Å². The van der Waals surface area contributed by atoms with Gasteiger partial charge in [0.1, 0.15) is 5.00 Å². The quantitative estimate of drug-likeness (QED) is 0.682. The van der Waals surface area contributed by atoms with Crippen molar-refractivity contribution in [1.82, 2.24) is 0 Å². The Kier molecular flexibility index (Phi) is 6.99. The average molecular weight is 367 g/mol. The first-order valence-electron chi connectivity index (χ1n) is 8.79. The molecule has 1 atom stereocenters. The zero-order chi connectivity index (χ0) is 18.4. The fourth-order valence-corrected chi connectivity index (χ4v) is 4.08. The van der Waals surface area contributed by atoms with Crippen LogP contribution in [0, 0.1) is 0 Å². The predicted octanol–water partition coefficient (Wildman–Crippen LogP) is 3.78. The van der Waals surface area contributed by atoms with Gasteiger partial charge in [0.15, 0.2) is 0 Å². The topological polar surface area (TPSA) is 92.7 Å². The zero-order valence-electron chi connectivity index (χ0n) is 14.7. The van der Waals surface area contributed by atoms with Crippen molar-refractivity contribution >= 4 is 34.2 Å². The largest absolute Gasteiger partial charge is 0.481 e. The number of hydrogen-bond acceptors (Lipinski definition) is 5. The van der Waals surface area contributed by atoms with Crippen LogP contribution < -0.4 is 5.32 Å². The van der Waals surface area contributed by atoms with E-state index >= 15 is 0 Å². The molecule has 0 spiro atoms. The van der Waals surface area contributed by atoms with Crippen molar-refractivity contribution in [3.8, 4) is 0 Å². The molecule has 138 valence electrons. The van der Waals surface area contributed by atoms with Crippen LogP contribution in [-0.2, 0) is 27.2 Å². The van der Waals surface area contributed by atoms with E-state index in [4.69, 9.17) is 9.84 Å². The number of amides is 1. The summed E-state index contributed by atoms with van der Waals surface area (Å²) in [5.41, 5.74) is 1.50. The number of aryl methyl sites for hydroxylation is 1. The maximum absolute atomic E-state index is 12.6. The monoisotopic (exact) mass is 367 g/mol. The van der Waals surface area contributed by atoms with Gasteiger partial charge in [-0.2, -0.15) is 0 Å². The summed E-state index contributed by atoms with van der Waals surface area (Å²) >= 11 is 1.44. The second kappa shape index (κ2) is 8.99. The summed E-state index contributed by atoms with van der Waals surface area (Å²) in [5.74, 6) is -1.57. The van der Waals surface area contributed by atoms with Gasteiger partial charge in [-0.25, -0.2) is 4.79 Å². The number of carboxylic acids is 1. The molecule has 25 heavy (non-hydrogen) atoms. The molecule has 7 heteroatoms. The first-order chi connectivity index (χ1) is 11.9. The molecular formula is C18H25NO5S. The van der Waals surface area contributed by atoms with E-state index in [-0.39, 0.29) is 37.2 Å². The molecule has 0 unspecified atom stereocenters. The SMILES string of the molecule is CC[C@H](C)OC(=O)c1c(NC(=O)CCCC(=O)O)sc2c1CCCC2. The van der Waals surface area contributed by atoms with Crippen molar-refractivity contribution in [3.05, 3.63) is 16.0 Å². The van der Waals surface area contributed by atoms with Crippen LogP contribution in [0.25, 0.3) is 0 Å². The van der Waals surface area contributed by atoms with E-state index in [9.17, 15) is 14.4 Å². The van der Waals surface area contributed by atoms with Gasteiger partial charge in [-0.3, -0.25) is 9.59 Å². The van der Waals surface area contributed by atoms with Crippen molar-refractivity contribution in [2.75, 3.05) is 5.32 Å². The lowest BCUT2D eigenvalue weighted by atomic mass is 9.95. The Morgan fingerprint density at radius 1 is 1.24 bits per heavy atom. The highest BCUT2D eigenvalue weighted by atomic mass is 32.1. The molecule has 0 radical (unpaired) electrons. The van der Waals surface area contributed by atoms with E-state index in [0.717, 1.165) is 42.5 Å². The molecule has 0 bridgehead atoms. The van der Waals surface area contributed by atoms with E-state index < -0.39 is 5.97 Å². The summed E-state index contributed by atoms with van der Waals surface area (Å²) in [5, 5.41) is 12.0. The van der Waals surface area contributed by atoms with Crippen LogP contribution in [0.15, 0.2) is 0 Å². The van der Waals surface area contributed by atoms with Crippen molar-refractivity contribution in [2.45, 2.75) is 71.3 Å². The Hall–Kier alpha value is -1.89. The van der Waals surface area contributed by atoms with Crippen LogP contribution in [0.4, 0.5) is 5.00 Å². The third-order valence-electron chi connectivity index (χ3n) is 4.31. The highest BCUT2D eigenvalue weighted by Crippen LogP contribution is 2.38. The molecule has 1 aliphatic rings. The Labute approximate surface area is 151 Å². The minimum atomic E-state index is -0.919. The fourth-order valence-electron chi connectivity index (χ4n) is 2.78. The van der Waals surface area contributed by atoms with Gasteiger partial charge in [0.25, 0.3) is 0 Å². The van der Waals surface area contributed by atoms with Crippen LogP contribution in [-0.4, -0.2) is 29.1 Å². The number of esters is 1. The predicted molar refractivity (Wildman–Crippen MR) is 96.2 cm³/mol. The number of rotatable bonds is 8. The van der Waals surface area contributed by atoms with Gasteiger partial charge in [-0.15, -0.1) is 11.3 Å². The lowest BCUT2D eigenvalue weighted by Gasteiger charge is -2.15. The number of anilines is 1. The van der Waals surface area contributed by atoms with Crippen LogP contribution in [0.1, 0.15) is 73.2 Å². The zero-order valence-corrected chi connectivity index (χ0v) is 15.5. The number of hydrogen-bond donors (Lipinski definition) is 2. The second-order valence-corrected chi connectivity index (χ2v) is 7.44. The first kappa shape index (κ1) is 19.4. The molecule has 1 amide bonds. The van der Waals surface area contributed by atoms with Gasteiger partial charge in [0.2, 0.25) is 5.91 Å². The number of thiophene rings is 1. The minimum absolute atomic E-state index is 0.0444. The van der Waals surface area contributed by atoms with Gasteiger partial charge in [0.05, 0.1) is 11.7 Å². The number of fused-ring (bicyclic) bond motifs is 1. The summed E-state index contributed by atoms with van der Waals surface area (Å²) in [4.78, 5) is 36.4. The van der Waals surface area contributed by atoms with Crippen molar-refractivity contribution in [2.24, 2.45) is 0 Å². The first-order valence-corrected chi connectivity index (χ1v) is 9.61. The molecule has 0 aromatic carbocycles. The third-order valence-corrected chi connectivity index (χ3v) is 5.51. The molecule has 1 aromatic heterocycles. The molecule has 0 saturated heterocycles. The van der Waals surface area contributed by atoms with Crippen LogP contribution in [0.5, 0.6) is 0 Å². The van der Waals surface area contributed by atoms with Gasteiger partial charge in [0, 0.05) is 17.7 Å². The van der Waals surface area contributed by atoms with Crippen molar-refractivity contribution < 1.29 is 24.2 Å². The lowest BCUT2D eigenvalue weighted by molar-refractivity contribution is -0.137. The number of carbonyl (C=O) groups excluding carboxylic acids is 2. The normalized spacial score (nSPS) is 14.5. The number of nitrogens with one attached hydrogen (secondary N) is 1. The molecule has 6 nitrogen and oxygen atoms in total. The Morgan fingerprint density at radius 3 is 2.64 bits per heavy atom. The number of carboxylic acid groups (broad SMARTS) is 1. The van der Waals surface area contributed by atoms with Crippen LogP contribution in [0.2, 0.25) is 0 Å². The molecule has 1 aromatic rings. The molecule has 1 aliphatic carbocycles. The maximum Gasteiger partial charge on any atom is 0.341 e. The lowest BCUT2D eigenvalue weighted by Crippen LogP contribution is -2.18. The fraction of sp³-hybridized carbons (Fsp3) is 0.611. The number of carbonyl (C=O) groups is 3. The van der Waals surface area contributed by atoms with E-state index in [1.807, 2.05) is 13.8 Å². The molecule has 2 rings (SSSR count). The molecule has 2 N–H and O–H groups in total. The van der Waals surface area contributed by atoms with Crippen molar-refractivity contribution in [1.29, 1.82) is 0 Å². The minimum Gasteiger partial charge on any atom is -0.481 e. The molecule has 0 saturated carbocycles. The number of aliphatic carboxylic acids is 1. The highest BCUT2D eigenvalue weighted by Gasteiger charge is 2.28. The Bertz CT molecular complexity index is 652. The van der Waals surface area contributed by atoms with Gasteiger partial charge < -0.3 is 15.2 Å². The summed E-state index contributed by atoms with van der Waals surface area (Å²) in [7, 11) is 0. The second-order valence-electron chi connectivity index (χ2n) is 6.33. The maximum atomic E-state index is 12.6. The van der Waals surface area contributed by atoms with Crippen molar-refractivity contribution in [3.63, 3.8) is 0 Å². The summed E-state index contributed by atoms with van der Waals surface area (Å²) in [6, 6.07) is 0. The molecule has 0 aliphatic heterocycles. The van der Waals surface area contributed by atoms with E-state index in [1.165, 1.54) is 11.3 Å². The third kappa shape index (κ3) is 5.29. The summed E-state index contributed by atoms with van der Waals surface area (Å²) < 4.78 is 5.48. The highest BCUT2D eigenvalue weighted by molar-refractivity contribution is 7.17. The Morgan fingerprint density at radius 2 is 1.96 bits per heavy atom. The smallest absolute Gasteiger partial charge is 0.341 e. The van der Waals surface area contributed by atoms with Crippen LogP contribution >= 0.6 is 11.3 Å². The molecule has 1 heterocycles. The average Bonchev–Trinajstić information content (AvgIpc) is 2.91. The van der Waals surface area contributed by atoms with E-state index in [2.05, 4.69) is 5.32 Å². The van der Waals surface area contributed by atoms with E-state index in [0.29, 0.717) is 10.6 Å². The van der Waals surface area contributed by atoms with Gasteiger partial charge in [-0.1, -0.05) is 6.92 Å². The molecule has 0 fully saturated rings. The standard InChI is InChI=1S/C18H25NO5S/c1-3-11(2)24-18(23)16-12-7-4-5-8-13(12)25-17(16)19-14(20)9-6-10-15(21)22/h11H,3-10H2,1-2H3,(H,19,20)(H,21,22)/t11-/m0/s1. The van der Waals surface area contributed by atoms with Crippen LogP contribution in [0.3, 0.4) is 0 Å². The summed E-state index contributed by atoms with van der Waals surface area (Å²) in [6.45, 7) is 3.80.